The lowest BCUT2D eigenvalue weighted by Gasteiger charge is -2.12. The van der Waals surface area contributed by atoms with Gasteiger partial charge in [0, 0.05) is 30.0 Å². The SMILES string of the molecule is CC(N)Cc1cccn1-c1ccc(C(F)(F)F)cc1. The average molecular weight is 268 g/mol. The number of nitrogens with zero attached hydrogens (tertiary/aromatic N) is 1. The Morgan fingerprint density at radius 2 is 1.79 bits per heavy atom. The number of hydrogen-bond donors (Lipinski definition) is 1. The molecule has 0 spiro atoms. The summed E-state index contributed by atoms with van der Waals surface area (Å²) < 4.78 is 39.3. The summed E-state index contributed by atoms with van der Waals surface area (Å²) in [5.74, 6) is 0. The summed E-state index contributed by atoms with van der Waals surface area (Å²) in [7, 11) is 0. The lowest BCUT2D eigenvalue weighted by atomic mass is 10.1. The average Bonchev–Trinajstić information content (AvgIpc) is 2.75. The molecule has 1 aromatic carbocycles. The fourth-order valence-corrected chi connectivity index (χ4v) is 1.98. The second kappa shape index (κ2) is 5.09. The van der Waals surface area contributed by atoms with Crippen molar-refractivity contribution in [2.24, 2.45) is 5.73 Å². The Morgan fingerprint density at radius 3 is 2.32 bits per heavy atom. The molecule has 2 aromatic rings. The third-order valence-electron chi connectivity index (χ3n) is 2.84. The van der Waals surface area contributed by atoms with Crippen LogP contribution in [0.2, 0.25) is 0 Å². The van der Waals surface area contributed by atoms with Gasteiger partial charge in [0.05, 0.1) is 5.56 Å². The van der Waals surface area contributed by atoms with Crippen LogP contribution in [0.5, 0.6) is 0 Å². The van der Waals surface area contributed by atoms with Gasteiger partial charge in [0.2, 0.25) is 0 Å². The van der Waals surface area contributed by atoms with Crippen molar-refractivity contribution in [1.29, 1.82) is 0 Å². The highest BCUT2D eigenvalue weighted by atomic mass is 19.4. The number of rotatable bonds is 3. The Bertz CT molecular complexity index is 539. The van der Waals surface area contributed by atoms with Crippen LogP contribution < -0.4 is 5.73 Å². The van der Waals surface area contributed by atoms with E-state index in [9.17, 15) is 13.2 Å². The van der Waals surface area contributed by atoms with Gasteiger partial charge in [0.15, 0.2) is 0 Å². The van der Waals surface area contributed by atoms with E-state index < -0.39 is 11.7 Å². The molecule has 0 saturated heterocycles. The van der Waals surface area contributed by atoms with E-state index in [1.807, 2.05) is 29.8 Å². The van der Waals surface area contributed by atoms with E-state index in [-0.39, 0.29) is 6.04 Å². The Labute approximate surface area is 109 Å². The summed E-state index contributed by atoms with van der Waals surface area (Å²) in [5.41, 5.74) is 6.79. The molecule has 2 nitrogen and oxygen atoms in total. The maximum absolute atomic E-state index is 12.5. The van der Waals surface area contributed by atoms with Gasteiger partial charge in [-0.3, -0.25) is 0 Å². The number of nitrogens with two attached hydrogens (primary N) is 1. The molecular formula is C14H15F3N2. The largest absolute Gasteiger partial charge is 0.416 e. The van der Waals surface area contributed by atoms with Gasteiger partial charge in [-0.05, 0) is 43.3 Å². The van der Waals surface area contributed by atoms with Crippen molar-refractivity contribution in [1.82, 2.24) is 4.57 Å². The molecule has 2 N–H and O–H groups in total. The maximum atomic E-state index is 12.5. The fraction of sp³-hybridized carbons (Fsp3) is 0.286. The first-order valence-electron chi connectivity index (χ1n) is 5.97. The van der Waals surface area contributed by atoms with Crippen LogP contribution in [0.3, 0.4) is 0 Å². The Morgan fingerprint density at radius 1 is 1.16 bits per heavy atom. The van der Waals surface area contributed by atoms with Crippen molar-refractivity contribution in [2.75, 3.05) is 0 Å². The first-order chi connectivity index (χ1) is 8.88. The highest BCUT2D eigenvalue weighted by molar-refractivity contribution is 5.38. The van der Waals surface area contributed by atoms with Gasteiger partial charge < -0.3 is 10.3 Å². The highest BCUT2D eigenvalue weighted by Gasteiger charge is 2.30. The van der Waals surface area contributed by atoms with Crippen LogP contribution in [-0.4, -0.2) is 10.6 Å². The van der Waals surface area contributed by atoms with E-state index in [0.717, 1.165) is 17.8 Å². The minimum Gasteiger partial charge on any atom is -0.328 e. The zero-order valence-corrected chi connectivity index (χ0v) is 10.5. The molecule has 0 radical (unpaired) electrons. The van der Waals surface area contributed by atoms with Crippen LogP contribution >= 0.6 is 0 Å². The van der Waals surface area contributed by atoms with Gasteiger partial charge in [-0.1, -0.05) is 0 Å². The molecule has 19 heavy (non-hydrogen) atoms. The molecule has 1 aromatic heterocycles. The fourth-order valence-electron chi connectivity index (χ4n) is 1.98. The zero-order chi connectivity index (χ0) is 14.0. The van der Waals surface area contributed by atoms with Crippen molar-refractivity contribution < 1.29 is 13.2 Å². The van der Waals surface area contributed by atoms with Gasteiger partial charge in [-0.15, -0.1) is 0 Å². The van der Waals surface area contributed by atoms with E-state index in [4.69, 9.17) is 5.73 Å². The molecule has 0 aliphatic rings. The third-order valence-corrected chi connectivity index (χ3v) is 2.84. The molecular weight excluding hydrogens is 253 g/mol. The summed E-state index contributed by atoms with van der Waals surface area (Å²) >= 11 is 0. The molecule has 1 heterocycles. The lowest BCUT2D eigenvalue weighted by molar-refractivity contribution is -0.137. The van der Waals surface area contributed by atoms with Crippen molar-refractivity contribution >= 4 is 0 Å². The van der Waals surface area contributed by atoms with E-state index >= 15 is 0 Å². The normalized spacial score (nSPS) is 13.5. The van der Waals surface area contributed by atoms with Crippen molar-refractivity contribution in [3.63, 3.8) is 0 Å². The zero-order valence-electron chi connectivity index (χ0n) is 10.5. The highest BCUT2D eigenvalue weighted by Crippen LogP contribution is 2.29. The molecule has 2 rings (SSSR count). The van der Waals surface area contributed by atoms with Gasteiger partial charge in [0.25, 0.3) is 0 Å². The van der Waals surface area contributed by atoms with Crippen LogP contribution in [0.15, 0.2) is 42.6 Å². The first kappa shape index (κ1) is 13.7. The molecule has 0 bridgehead atoms. The smallest absolute Gasteiger partial charge is 0.328 e. The summed E-state index contributed by atoms with van der Waals surface area (Å²) in [6.45, 7) is 1.89. The van der Waals surface area contributed by atoms with Crippen LogP contribution in [-0.2, 0) is 12.6 Å². The van der Waals surface area contributed by atoms with Crippen LogP contribution in [0.1, 0.15) is 18.2 Å². The maximum Gasteiger partial charge on any atom is 0.416 e. The molecule has 1 atom stereocenters. The Balaban J connectivity index is 2.30. The molecule has 0 fully saturated rings. The number of benzene rings is 1. The first-order valence-corrected chi connectivity index (χ1v) is 5.97. The Kier molecular flexibility index (Phi) is 3.66. The summed E-state index contributed by atoms with van der Waals surface area (Å²) in [4.78, 5) is 0. The predicted octanol–water partition coefficient (Wildman–Crippen LogP) is 3.39. The summed E-state index contributed by atoms with van der Waals surface area (Å²) in [6.07, 6.45) is -1.81. The van der Waals surface area contributed by atoms with Gasteiger partial charge in [0.1, 0.15) is 0 Å². The van der Waals surface area contributed by atoms with E-state index in [1.54, 1.807) is 0 Å². The van der Waals surface area contributed by atoms with Crippen molar-refractivity contribution in [3.05, 3.63) is 53.9 Å². The van der Waals surface area contributed by atoms with E-state index in [2.05, 4.69) is 0 Å². The lowest BCUT2D eigenvalue weighted by Crippen LogP contribution is -2.19. The monoisotopic (exact) mass is 268 g/mol. The molecule has 5 heteroatoms. The third kappa shape index (κ3) is 3.17. The number of halogens is 3. The second-order valence-electron chi connectivity index (χ2n) is 4.60. The quantitative estimate of drug-likeness (QED) is 0.909. The van der Waals surface area contributed by atoms with Gasteiger partial charge >= 0.3 is 6.18 Å². The van der Waals surface area contributed by atoms with Crippen molar-refractivity contribution in [2.45, 2.75) is 25.6 Å². The number of aromatic nitrogens is 1. The number of hydrogen-bond acceptors (Lipinski definition) is 1. The molecule has 0 amide bonds. The standard InChI is InChI=1S/C14H15F3N2/c1-10(18)9-13-3-2-8-19(13)12-6-4-11(5-7-12)14(15,16)17/h2-8,10H,9,18H2,1H3. The minimum atomic E-state index is -4.30. The second-order valence-corrected chi connectivity index (χ2v) is 4.60. The van der Waals surface area contributed by atoms with E-state index in [1.165, 1.54) is 12.1 Å². The van der Waals surface area contributed by atoms with Crippen LogP contribution in [0.4, 0.5) is 13.2 Å². The Hall–Kier alpha value is -1.75. The van der Waals surface area contributed by atoms with Crippen LogP contribution in [0, 0.1) is 0 Å². The van der Waals surface area contributed by atoms with Gasteiger partial charge in [-0.2, -0.15) is 13.2 Å². The van der Waals surface area contributed by atoms with Crippen molar-refractivity contribution in [3.8, 4) is 5.69 Å². The molecule has 102 valence electrons. The number of alkyl halides is 3. The minimum absolute atomic E-state index is 0.00287. The molecule has 0 aliphatic heterocycles. The molecule has 0 aliphatic carbocycles. The molecule has 0 saturated carbocycles. The van der Waals surface area contributed by atoms with Crippen LogP contribution in [0.25, 0.3) is 5.69 Å². The summed E-state index contributed by atoms with van der Waals surface area (Å²) in [5, 5.41) is 0. The van der Waals surface area contributed by atoms with E-state index in [0.29, 0.717) is 12.1 Å². The summed E-state index contributed by atoms with van der Waals surface area (Å²) in [6, 6.07) is 8.89. The van der Waals surface area contributed by atoms with Gasteiger partial charge in [-0.25, -0.2) is 0 Å². The topological polar surface area (TPSA) is 30.9 Å². The predicted molar refractivity (Wildman–Crippen MR) is 68.1 cm³/mol. The molecule has 1 unspecified atom stereocenters.